The predicted molar refractivity (Wildman–Crippen MR) is 111 cm³/mol. The van der Waals surface area contributed by atoms with Crippen molar-refractivity contribution in [3.05, 3.63) is 59.7 Å². The molecule has 0 aromatic heterocycles. The maximum Gasteiger partial charge on any atom is 0.405 e. The number of ether oxygens (including phenoxy) is 2. The van der Waals surface area contributed by atoms with E-state index in [4.69, 9.17) is 15.2 Å². The van der Waals surface area contributed by atoms with E-state index in [1.165, 1.54) is 11.3 Å². The van der Waals surface area contributed by atoms with E-state index in [-0.39, 0.29) is 6.10 Å². The van der Waals surface area contributed by atoms with Crippen LogP contribution in [-0.4, -0.2) is 50.8 Å². The summed E-state index contributed by atoms with van der Waals surface area (Å²) in [5, 5.41) is 0. The number of carbonyl (C=O) groups excluding carboxylic acids is 1. The summed E-state index contributed by atoms with van der Waals surface area (Å²) in [6.45, 7) is 6.79. The Morgan fingerprint density at radius 2 is 1.68 bits per heavy atom. The van der Waals surface area contributed by atoms with Crippen molar-refractivity contribution in [2.24, 2.45) is 5.73 Å². The van der Waals surface area contributed by atoms with Gasteiger partial charge in [0.05, 0.1) is 7.11 Å². The Bertz CT molecular complexity index is 754. The number of primary amides is 1. The van der Waals surface area contributed by atoms with E-state index in [2.05, 4.69) is 21.9 Å². The molecule has 0 radical (unpaired) electrons. The molecule has 6 heteroatoms. The topological polar surface area (TPSA) is 68.0 Å². The molecule has 0 bridgehead atoms. The number of rotatable bonds is 7. The quantitative estimate of drug-likeness (QED) is 0.794. The van der Waals surface area contributed by atoms with Crippen LogP contribution in [0.15, 0.2) is 48.5 Å². The van der Waals surface area contributed by atoms with Crippen molar-refractivity contribution < 1.29 is 14.3 Å². The zero-order valence-corrected chi connectivity index (χ0v) is 16.6. The summed E-state index contributed by atoms with van der Waals surface area (Å²) in [6, 6.07) is 16.3. The third-order valence-corrected chi connectivity index (χ3v) is 5.22. The van der Waals surface area contributed by atoms with Crippen LogP contribution in [0.1, 0.15) is 23.7 Å². The lowest BCUT2D eigenvalue weighted by atomic mass is 10.0. The molecule has 0 spiro atoms. The number of anilines is 1. The molecule has 2 N–H and O–H groups in total. The minimum Gasteiger partial charge on any atom is -0.497 e. The molecule has 1 amide bonds. The Balaban J connectivity index is 1.52. The van der Waals surface area contributed by atoms with E-state index in [1.54, 1.807) is 7.11 Å². The average molecular weight is 383 g/mol. The van der Waals surface area contributed by atoms with Gasteiger partial charge in [-0.25, -0.2) is 4.79 Å². The van der Waals surface area contributed by atoms with Crippen LogP contribution in [0.2, 0.25) is 0 Å². The molecule has 150 valence electrons. The number of hydrogen-bond acceptors (Lipinski definition) is 5. The predicted octanol–water partition coefficient (Wildman–Crippen LogP) is 3.35. The van der Waals surface area contributed by atoms with E-state index in [0.717, 1.165) is 50.5 Å². The third-order valence-electron chi connectivity index (χ3n) is 5.22. The maximum atomic E-state index is 11.3. The fraction of sp³-hybridized carbons (Fsp3) is 0.409. The average Bonchev–Trinajstić information content (AvgIpc) is 2.72. The van der Waals surface area contributed by atoms with Crippen LogP contribution in [0, 0.1) is 6.92 Å². The summed E-state index contributed by atoms with van der Waals surface area (Å²) in [5.41, 5.74) is 8.66. The lowest BCUT2D eigenvalue weighted by Gasteiger charge is -2.36. The first kappa shape index (κ1) is 20.0. The molecular formula is C22H29N3O3. The largest absolute Gasteiger partial charge is 0.497 e. The summed E-state index contributed by atoms with van der Waals surface area (Å²) in [4.78, 5) is 16.1. The van der Waals surface area contributed by atoms with Gasteiger partial charge in [-0.05, 0) is 36.8 Å². The smallest absolute Gasteiger partial charge is 0.405 e. The van der Waals surface area contributed by atoms with Gasteiger partial charge in [0.1, 0.15) is 11.9 Å². The monoisotopic (exact) mass is 383 g/mol. The van der Waals surface area contributed by atoms with E-state index in [1.807, 2.05) is 43.3 Å². The van der Waals surface area contributed by atoms with Gasteiger partial charge in [-0.1, -0.05) is 29.8 Å². The number of piperazine rings is 1. The Morgan fingerprint density at radius 3 is 2.25 bits per heavy atom. The zero-order valence-electron chi connectivity index (χ0n) is 16.6. The molecule has 1 aliphatic rings. The molecule has 1 atom stereocenters. The van der Waals surface area contributed by atoms with E-state index in [0.29, 0.717) is 0 Å². The van der Waals surface area contributed by atoms with Gasteiger partial charge in [0, 0.05) is 44.8 Å². The molecule has 0 aliphatic carbocycles. The van der Waals surface area contributed by atoms with E-state index < -0.39 is 6.09 Å². The molecule has 1 aliphatic heterocycles. The third kappa shape index (κ3) is 5.39. The van der Waals surface area contributed by atoms with Crippen LogP contribution in [0.3, 0.4) is 0 Å². The fourth-order valence-electron chi connectivity index (χ4n) is 3.54. The number of aryl methyl sites for hydroxylation is 1. The van der Waals surface area contributed by atoms with Crippen molar-refractivity contribution in [3.8, 4) is 5.75 Å². The number of benzene rings is 2. The number of hydrogen-bond donors (Lipinski definition) is 1. The molecule has 2 aromatic rings. The van der Waals surface area contributed by atoms with Crippen LogP contribution in [0.25, 0.3) is 0 Å². The van der Waals surface area contributed by atoms with Crippen molar-refractivity contribution in [3.63, 3.8) is 0 Å². The SMILES string of the molecule is COc1ccc(N2CCN(CCC(OC(N)=O)c3ccc(C)cc3)CC2)cc1. The second kappa shape index (κ2) is 9.46. The van der Waals surface area contributed by atoms with Crippen molar-refractivity contribution >= 4 is 11.8 Å². The highest BCUT2D eigenvalue weighted by molar-refractivity contribution is 5.65. The summed E-state index contributed by atoms with van der Waals surface area (Å²) in [6.07, 6.45) is -0.304. The van der Waals surface area contributed by atoms with E-state index in [9.17, 15) is 4.79 Å². The first-order valence-corrected chi connectivity index (χ1v) is 9.69. The summed E-state index contributed by atoms with van der Waals surface area (Å²) >= 11 is 0. The van der Waals surface area contributed by atoms with Crippen molar-refractivity contribution in [2.75, 3.05) is 44.7 Å². The first-order chi connectivity index (χ1) is 13.5. The number of nitrogens with zero attached hydrogens (tertiary/aromatic N) is 2. The van der Waals surface area contributed by atoms with Crippen LogP contribution < -0.4 is 15.4 Å². The van der Waals surface area contributed by atoms with Gasteiger partial charge >= 0.3 is 6.09 Å². The fourth-order valence-corrected chi connectivity index (χ4v) is 3.54. The molecular weight excluding hydrogens is 354 g/mol. The molecule has 1 fully saturated rings. The van der Waals surface area contributed by atoms with Crippen molar-refractivity contribution in [1.82, 2.24) is 4.90 Å². The van der Waals surface area contributed by atoms with Crippen LogP contribution in [0.4, 0.5) is 10.5 Å². The van der Waals surface area contributed by atoms with Crippen molar-refractivity contribution in [2.45, 2.75) is 19.4 Å². The maximum absolute atomic E-state index is 11.3. The zero-order chi connectivity index (χ0) is 19.9. The lowest BCUT2D eigenvalue weighted by molar-refractivity contribution is 0.0910. The van der Waals surface area contributed by atoms with Gasteiger partial charge in [-0.2, -0.15) is 0 Å². The highest BCUT2D eigenvalue weighted by atomic mass is 16.6. The minimum absolute atomic E-state index is 0.308. The standard InChI is InChI=1S/C22H29N3O3/c1-17-3-5-18(6-4-17)21(28-22(23)26)11-12-24-13-15-25(16-14-24)19-7-9-20(27-2)10-8-19/h3-10,21H,11-16H2,1-2H3,(H2,23,26). The van der Waals surface area contributed by atoms with Crippen LogP contribution in [0.5, 0.6) is 5.75 Å². The molecule has 3 rings (SSSR count). The van der Waals surface area contributed by atoms with Gasteiger partial charge in [0.2, 0.25) is 0 Å². The second-order valence-corrected chi connectivity index (χ2v) is 7.15. The highest BCUT2D eigenvalue weighted by Crippen LogP contribution is 2.24. The molecule has 1 unspecified atom stereocenters. The molecule has 0 saturated carbocycles. The molecule has 1 heterocycles. The molecule has 2 aromatic carbocycles. The van der Waals surface area contributed by atoms with Gasteiger partial charge in [0.15, 0.2) is 0 Å². The minimum atomic E-state index is -0.727. The van der Waals surface area contributed by atoms with Gasteiger partial charge in [0.25, 0.3) is 0 Å². The van der Waals surface area contributed by atoms with Gasteiger partial charge in [-0.3, -0.25) is 4.90 Å². The van der Waals surface area contributed by atoms with Gasteiger partial charge in [-0.15, -0.1) is 0 Å². The number of amides is 1. The number of nitrogens with two attached hydrogens (primary N) is 1. The lowest BCUT2D eigenvalue weighted by Crippen LogP contribution is -2.46. The van der Waals surface area contributed by atoms with Crippen LogP contribution in [-0.2, 0) is 4.74 Å². The highest BCUT2D eigenvalue weighted by Gasteiger charge is 2.21. The number of methoxy groups -OCH3 is 1. The normalized spacial score (nSPS) is 15.9. The summed E-state index contributed by atoms with van der Waals surface area (Å²) in [5.74, 6) is 0.874. The Kier molecular flexibility index (Phi) is 6.76. The van der Waals surface area contributed by atoms with E-state index >= 15 is 0 Å². The second-order valence-electron chi connectivity index (χ2n) is 7.15. The van der Waals surface area contributed by atoms with Crippen LogP contribution >= 0.6 is 0 Å². The molecule has 28 heavy (non-hydrogen) atoms. The molecule has 6 nitrogen and oxygen atoms in total. The Hall–Kier alpha value is -2.73. The number of carbonyl (C=O) groups is 1. The van der Waals surface area contributed by atoms with Gasteiger partial charge < -0.3 is 20.1 Å². The summed E-state index contributed by atoms with van der Waals surface area (Å²) in [7, 11) is 1.68. The Labute approximate surface area is 166 Å². The van der Waals surface area contributed by atoms with Crippen molar-refractivity contribution in [1.29, 1.82) is 0 Å². The Morgan fingerprint density at radius 1 is 1.04 bits per heavy atom. The molecule has 1 saturated heterocycles. The summed E-state index contributed by atoms with van der Waals surface area (Å²) < 4.78 is 10.6. The first-order valence-electron chi connectivity index (χ1n) is 9.69.